The van der Waals surface area contributed by atoms with Gasteiger partial charge < -0.3 is 15.2 Å². The van der Waals surface area contributed by atoms with Gasteiger partial charge >= 0.3 is 0 Å². The van der Waals surface area contributed by atoms with Crippen LogP contribution in [0.1, 0.15) is 10.4 Å². The Labute approximate surface area is 149 Å². The highest BCUT2D eigenvalue weighted by Crippen LogP contribution is 2.30. The second-order valence-electron chi connectivity index (χ2n) is 4.56. The van der Waals surface area contributed by atoms with E-state index >= 15 is 0 Å². The molecule has 124 valence electrons. The smallest absolute Gasteiger partial charge is 0.283 e. The van der Waals surface area contributed by atoms with Gasteiger partial charge in [0.25, 0.3) is 11.6 Å². The molecule has 2 aromatic rings. The molecule has 0 aromatic heterocycles. The van der Waals surface area contributed by atoms with Gasteiger partial charge in [0.1, 0.15) is 0 Å². The van der Waals surface area contributed by atoms with Crippen LogP contribution in [0.25, 0.3) is 0 Å². The Morgan fingerprint density at radius 2 is 1.83 bits per heavy atom. The Bertz CT molecular complexity index is 795. The fourth-order valence-corrected chi connectivity index (χ4v) is 2.78. The maximum atomic E-state index is 12.2. The predicted molar refractivity (Wildman–Crippen MR) is 90.9 cm³/mol. The third kappa shape index (κ3) is 4.80. The molecule has 9 heteroatoms. The van der Waals surface area contributed by atoms with Gasteiger partial charge in [-0.05, 0) is 36.4 Å². The number of carbonyl (C=O) groups is 2. The van der Waals surface area contributed by atoms with Crippen LogP contribution in [0.5, 0.6) is 0 Å². The number of carboxylic acid groups (broad SMARTS) is 1. The van der Waals surface area contributed by atoms with Gasteiger partial charge in [0.05, 0.1) is 15.8 Å². The molecule has 2 rings (SSSR count). The van der Waals surface area contributed by atoms with Crippen LogP contribution in [0.3, 0.4) is 0 Å². The average Bonchev–Trinajstić information content (AvgIpc) is 2.54. The number of nitro benzene ring substituents is 1. The Hall–Kier alpha value is -2.39. The first-order chi connectivity index (χ1) is 11.4. The first kappa shape index (κ1) is 18.0. The molecule has 0 unspecified atom stereocenters. The van der Waals surface area contributed by atoms with Crippen molar-refractivity contribution in [2.75, 3.05) is 11.1 Å². The van der Waals surface area contributed by atoms with Crippen molar-refractivity contribution < 1.29 is 19.6 Å². The van der Waals surface area contributed by atoms with Gasteiger partial charge in [-0.1, -0.05) is 15.9 Å². The lowest BCUT2D eigenvalue weighted by molar-refractivity contribution is -0.387. The Morgan fingerprint density at radius 1 is 1.17 bits per heavy atom. The van der Waals surface area contributed by atoms with Crippen molar-refractivity contribution in [2.45, 2.75) is 4.90 Å². The summed E-state index contributed by atoms with van der Waals surface area (Å²) in [5.41, 5.74) is 0.313. The number of carboxylic acids is 1. The maximum absolute atomic E-state index is 12.2. The van der Waals surface area contributed by atoms with Crippen molar-refractivity contribution in [3.8, 4) is 0 Å². The van der Waals surface area contributed by atoms with Gasteiger partial charge in [-0.2, -0.15) is 0 Å². The molecule has 1 amide bonds. The van der Waals surface area contributed by atoms with Crippen LogP contribution < -0.4 is 10.4 Å². The minimum Gasteiger partial charge on any atom is -0.549 e. The average molecular weight is 410 g/mol. The number of hydrogen-bond donors (Lipinski definition) is 1. The summed E-state index contributed by atoms with van der Waals surface area (Å²) >= 11 is 4.05. The van der Waals surface area contributed by atoms with Crippen molar-refractivity contribution in [2.24, 2.45) is 0 Å². The lowest BCUT2D eigenvalue weighted by Gasteiger charge is -2.08. The summed E-state index contributed by atoms with van der Waals surface area (Å²) in [4.78, 5) is 33.3. The SMILES string of the molecule is O=C([O-])CSc1ccc(C(=O)Nc2ccc(Br)cc2)cc1[N+](=O)[O-]. The zero-order valence-electron chi connectivity index (χ0n) is 12.0. The quantitative estimate of drug-likeness (QED) is 0.445. The molecular weight excluding hydrogens is 400 g/mol. The van der Waals surface area contributed by atoms with Gasteiger partial charge in [0.2, 0.25) is 0 Å². The van der Waals surface area contributed by atoms with E-state index in [0.29, 0.717) is 5.69 Å². The minimum atomic E-state index is -1.33. The molecule has 0 radical (unpaired) electrons. The third-order valence-electron chi connectivity index (χ3n) is 2.87. The summed E-state index contributed by atoms with van der Waals surface area (Å²) < 4.78 is 0.852. The number of nitrogens with one attached hydrogen (secondary N) is 1. The molecule has 0 aliphatic rings. The van der Waals surface area contributed by atoms with E-state index in [2.05, 4.69) is 21.2 Å². The van der Waals surface area contributed by atoms with Crippen LogP contribution in [0.15, 0.2) is 51.8 Å². The van der Waals surface area contributed by atoms with E-state index in [1.54, 1.807) is 24.3 Å². The van der Waals surface area contributed by atoms with Crippen LogP contribution in [0.4, 0.5) is 11.4 Å². The summed E-state index contributed by atoms with van der Waals surface area (Å²) in [6.45, 7) is 0. The second-order valence-corrected chi connectivity index (χ2v) is 6.49. The fraction of sp³-hybridized carbons (Fsp3) is 0.0667. The molecule has 0 spiro atoms. The van der Waals surface area contributed by atoms with Crippen LogP contribution in [-0.4, -0.2) is 22.6 Å². The zero-order valence-corrected chi connectivity index (χ0v) is 14.4. The number of amides is 1. The molecule has 0 heterocycles. The van der Waals surface area contributed by atoms with Crippen molar-refractivity contribution in [1.82, 2.24) is 0 Å². The Kier molecular flexibility index (Phi) is 5.93. The van der Waals surface area contributed by atoms with Crippen LogP contribution >= 0.6 is 27.7 Å². The number of hydrogen-bond acceptors (Lipinski definition) is 6. The normalized spacial score (nSPS) is 10.2. The van der Waals surface area contributed by atoms with E-state index in [1.807, 2.05) is 0 Å². The second kappa shape index (κ2) is 7.93. The van der Waals surface area contributed by atoms with E-state index in [4.69, 9.17) is 0 Å². The third-order valence-corrected chi connectivity index (χ3v) is 4.43. The molecule has 0 fully saturated rings. The molecule has 1 N–H and O–H groups in total. The van der Waals surface area contributed by atoms with Crippen LogP contribution in [0.2, 0.25) is 0 Å². The molecule has 7 nitrogen and oxygen atoms in total. The van der Waals surface area contributed by atoms with Gasteiger partial charge in [-0.3, -0.25) is 14.9 Å². The lowest BCUT2D eigenvalue weighted by Crippen LogP contribution is -2.24. The highest BCUT2D eigenvalue weighted by molar-refractivity contribution is 9.10. The topological polar surface area (TPSA) is 112 Å². The highest BCUT2D eigenvalue weighted by Gasteiger charge is 2.18. The van der Waals surface area contributed by atoms with Gasteiger partial charge in [0, 0.05) is 27.5 Å². The van der Waals surface area contributed by atoms with Crippen molar-refractivity contribution in [3.05, 3.63) is 62.6 Å². The van der Waals surface area contributed by atoms with E-state index in [0.717, 1.165) is 22.3 Å². The molecular formula is C15H10BrN2O5S-. The monoisotopic (exact) mass is 409 g/mol. The summed E-state index contributed by atoms with van der Waals surface area (Å²) in [6.07, 6.45) is 0. The molecule has 0 saturated carbocycles. The standard InChI is InChI=1S/C15H11BrN2O5S/c16-10-2-4-11(5-3-10)17-15(21)9-1-6-13(24-8-14(19)20)12(7-9)18(22)23/h1-7H,8H2,(H,17,21)(H,19,20)/p-1. The summed E-state index contributed by atoms with van der Waals surface area (Å²) in [5.74, 6) is -2.24. The number of aliphatic carboxylic acids is 1. The molecule has 0 aliphatic heterocycles. The van der Waals surface area contributed by atoms with Gasteiger partial charge in [-0.15, -0.1) is 11.8 Å². The largest absolute Gasteiger partial charge is 0.549 e. The zero-order chi connectivity index (χ0) is 17.7. The number of rotatable bonds is 6. The summed E-state index contributed by atoms with van der Waals surface area (Å²) in [6, 6.07) is 10.7. The molecule has 2 aromatic carbocycles. The number of benzene rings is 2. The molecule has 0 atom stereocenters. The van der Waals surface area contributed by atoms with Crippen molar-refractivity contribution >= 4 is 50.9 Å². The molecule has 0 bridgehead atoms. The lowest BCUT2D eigenvalue weighted by atomic mass is 10.2. The Balaban J connectivity index is 2.22. The fourth-order valence-electron chi connectivity index (χ4n) is 1.80. The van der Waals surface area contributed by atoms with Crippen LogP contribution in [-0.2, 0) is 4.79 Å². The Morgan fingerprint density at radius 3 is 2.42 bits per heavy atom. The van der Waals surface area contributed by atoms with E-state index in [1.165, 1.54) is 12.1 Å². The predicted octanol–water partition coefficient (Wildman–Crippen LogP) is 2.45. The maximum Gasteiger partial charge on any atom is 0.283 e. The first-order valence-corrected chi connectivity index (χ1v) is 8.32. The highest BCUT2D eigenvalue weighted by atomic mass is 79.9. The van der Waals surface area contributed by atoms with Gasteiger partial charge in [0.15, 0.2) is 0 Å². The van der Waals surface area contributed by atoms with Crippen LogP contribution in [0, 0.1) is 10.1 Å². The number of thioether (sulfide) groups is 1. The minimum absolute atomic E-state index is 0.0995. The molecule has 24 heavy (non-hydrogen) atoms. The van der Waals surface area contributed by atoms with Gasteiger partial charge in [-0.25, -0.2) is 0 Å². The van der Waals surface area contributed by atoms with E-state index in [-0.39, 0.29) is 16.1 Å². The summed E-state index contributed by atoms with van der Waals surface area (Å²) in [5, 5.41) is 24.2. The van der Waals surface area contributed by atoms with Crippen molar-refractivity contribution in [1.29, 1.82) is 0 Å². The number of anilines is 1. The van der Waals surface area contributed by atoms with Crippen molar-refractivity contribution in [3.63, 3.8) is 0 Å². The number of halogens is 1. The van der Waals surface area contributed by atoms with E-state index in [9.17, 15) is 24.8 Å². The number of carbonyl (C=O) groups excluding carboxylic acids is 2. The summed E-state index contributed by atoms with van der Waals surface area (Å²) in [7, 11) is 0. The number of nitro groups is 1. The molecule has 0 saturated heterocycles. The molecule has 0 aliphatic carbocycles. The number of nitrogens with zero attached hydrogens (tertiary/aromatic N) is 1. The first-order valence-electron chi connectivity index (χ1n) is 6.55. The van der Waals surface area contributed by atoms with E-state index < -0.39 is 22.6 Å².